The molecule has 0 spiro atoms. The van der Waals surface area contributed by atoms with E-state index in [9.17, 15) is 14.7 Å². The van der Waals surface area contributed by atoms with Crippen molar-refractivity contribution in [3.05, 3.63) is 70.0 Å². The second-order valence-corrected chi connectivity index (χ2v) is 10.3. The first-order chi connectivity index (χ1) is 18.8. The lowest BCUT2D eigenvalue weighted by molar-refractivity contribution is -0.126. The number of fused-ring (bicyclic) bond motifs is 1. The summed E-state index contributed by atoms with van der Waals surface area (Å²) in [5.41, 5.74) is 3.67. The Labute approximate surface area is 231 Å². The maximum Gasteiger partial charge on any atom is 0.273 e. The zero-order valence-electron chi connectivity index (χ0n) is 21.9. The van der Waals surface area contributed by atoms with Gasteiger partial charge in [0.25, 0.3) is 5.91 Å². The van der Waals surface area contributed by atoms with Crippen molar-refractivity contribution in [2.75, 3.05) is 25.1 Å². The number of halogens is 1. The highest BCUT2D eigenvalue weighted by Crippen LogP contribution is 2.30. The average Bonchev–Trinajstić information content (AvgIpc) is 3.28. The van der Waals surface area contributed by atoms with Gasteiger partial charge in [-0.25, -0.2) is 15.0 Å². The van der Waals surface area contributed by atoms with E-state index in [1.54, 1.807) is 13.0 Å². The maximum atomic E-state index is 13.4. The molecule has 0 bridgehead atoms. The summed E-state index contributed by atoms with van der Waals surface area (Å²) in [5.74, 6) is -0.273. The third-order valence-electron chi connectivity index (χ3n) is 7.11. The summed E-state index contributed by atoms with van der Waals surface area (Å²) < 4.78 is 5.41. The summed E-state index contributed by atoms with van der Waals surface area (Å²) in [6.07, 6.45) is 3.24. The molecule has 3 N–H and O–H groups in total. The van der Waals surface area contributed by atoms with Gasteiger partial charge < -0.3 is 25.4 Å². The van der Waals surface area contributed by atoms with Crippen LogP contribution in [0.25, 0.3) is 11.4 Å². The van der Waals surface area contributed by atoms with Gasteiger partial charge in [-0.1, -0.05) is 47.5 Å². The predicted molar refractivity (Wildman–Crippen MR) is 146 cm³/mol. The number of carbonyl (C=O) groups is 2. The molecule has 2 aliphatic heterocycles. The van der Waals surface area contributed by atoms with E-state index in [1.165, 1.54) is 11.1 Å². The number of hydrogen-bond donors (Lipinski definition) is 3. The fraction of sp³-hybridized carbons (Fsp3) is 0.393. The molecule has 1 aromatic carbocycles. The lowest BCUT2D eigenvalue weighted by Gasteiger charge is -2.26. The van der Waals surface area contributed by atoms with Gasteiger partial charge in [-0.2, -0.15) is 0 Å². The van der Waals surface area contributed by atoms with Crippen LogP contribution in [-0.4, -0.2) is 68.7 Å². The smallest absolute Gasteiger partial charge is 0.273 e. The molecule has 0 radical (unpaired) electrons. The maximum absolute atomic E-state index is 13.4. The Kier molecular flexibility index (Phi) is 8.06. The van der Waals surface area contributed by atoms with Gasteiger partial charge in [0.15, 0.2) is 0 Å². The number of nitrogens with zero attached hydrogens (tertiary/aromatic N) is 4. The molecular formula is C28H31ClN6O4. The molecule has 10 nitrogen and oxygen atoms in total. The van der Waals surface area contributed by atoms with E-state index in [1.807, 2.05) is 37.3 Å². The summed E-state index contributed by atoms with van der Waals surface area (Å²) in [7, 11) is 0. The zero-order valence-corrected chi connectivity index (χ0v) is 22.6. The first kappa shape index (κ1) is 27.0. The molecule has 2 aromatic heterocycles. The number of aliphatic hydroxyl groups is 1. The minimum atomic E-state index is -0.771. The highest BCUT2D eigenvalue weighted by molar-refractivity contribution is 6.32. The van der Waals surface area contributed by atoms with E-state index in [0.717, 1.165) is 24.0 Å². The van der Waals surface area contributed by atoms with Crippen LogP contribution < -0.4 is 10.6 Å². The summed E-state index contributed by atoms with van der Waals surface area (Å²) in [4.78, 5) is 41.4. The number of hydrogen-bond acceptors (Lipinski definition) is 8. The predicted octanol–water partition coefficient (Wildman–Crippen LogP) is 3.29. The Morgan fingerprint density at radius 3 is 2.74 bits per heavy atom. The van der Waals surface area contributed by atoms with Crippen LogP contribution in [0, 0.1) is 6.92 Å². The Balaban J connectivity index is 1.31. The molecule has 5 rings (SSSR count). The zero-order chi connectivity index (χ0) is 27.5. The van der Waals surface area contributed by atoms with E-state index in [2.05, 4.69) is 25.6 Å². The number of amides is 2. The number of aliphatic hydroxyl groups excluding tert-OH is 1. The number of anilines is 1. The van der Waals surface area contributed by atoms with Gasteiger partial charge >= 0.3 is 0 Å². The van der Waals surface area contributed by atoms with Crippen LogP contribution in [-0.2, 0) is 16.1 Å². The SMILES string of the molecule is Cc1cccc([C@@H](CO)NC(=O)C(C)N2Cc3ccc(-c4nc(NC5CCOCC5)ncc4Cl)nc3C2=O)c1. The van der Waals surface area contributed by atoms with Gasteiger partial charge in [-0.15, -0.1) is 0 Å². The van der Waals surface area contributed by atoms with Crippen LogP contribution in [0.5, 0.6) is 0 Å². The van der Waals surface area contributed by atoms with E-state index in [0.29, 0.717) is 41.1 Å². The lowest BCUT2D eigenvalue weighted by atomic mass is 10.0. The van der Waals surface area contributed by atoms with E-state index >= 15 is 0 Å². The number of rotatable bonds is 8. The molecule has 3 aromatic rings. The van der Waals surface area contributed by atoms with Gasteiger partial charge in [-0.05, 0) is 38.3 Å². The van der Waals surface area contributed by atoms with Gasteiger partial charge in [0.1, 0.15) is 17.4 Å². The van der Waals surface area contributed by atoms with E-state index < -0.39 is 12.1 Å². The minimum absolute atomic E-state index is 0.208. The molecular weight excluding hydrogens is 520 g/mol. The largest absolute Gasteiger partial charge is 0.394 e. The molecule has 1 saturated heterocycles. The van der Waals surface area contributed by atoms with Gasteiger partial charge in [0.2, 0.25) is 11.9 Å². The van der Waals surface area contributed by atoms with E-state index in [-0.39, 0.29) is 36.7 Å². The van der Waals surface area contributed by atoms with Crippen molar-refractivity contribution in [1.82, 2.24) is 25.2 Å². The van der Waals surface area contributed by atoms with Crippen molar-refractivity contribution in [2.45, 2.75) is 51.4 Å². The molecule has 1 fully saturated rings. The van der Waals surface area contributed by atoms with Gasteiger partial charge in [-0.3, -0.25) is 9.59 Å². The second kappa shape index (κ2) is 11.6. The Morgan fingerprint density at radius 2 is 2.00 bits per heavy atom. The van der Waals surface area contributed by atoms with Crippen LogP contribution in [0.1, 0.15) is 53.0 Å². The van der Waals surface area contributed by atoms with Crippen LogP contribution in [0.3, 0.4) is 0 Å². The molecule has 0 aliphatic carbocycles. The lowest BCUT2D eigenvalue weighted by Crippen LogP contribution is -2.46. The minimum Gasteiger partial charge on any atom is -0.394 e. The Hall–Kier alpha value is -3.60. The standard InChI is InChI=1S/C28H31ClN6O4/c1-16-4-3-5-18(12-16)23(15-36)33-26(37)17(2)35-14-19-6-7-22(32-24(19)27(35)38)25-21(29)13-30-28(34-25)31-20-8-10-39-11-9-20/h3-7,12-13,17,20,23,36H,8-11,14-15H2,1-2H3,(H,33,37)(H,30,31,34)/t17?,23-/m1/s1. The first-order valence-electron chi connectivity index (χ1n) is 13.0. The fourth-order valence-corrected chi connectivity index (χ4v) is 5.02. The summed E-state index contributed by atoms with van der Waals surface area (Å²) in [5, 5.41) is 16.4. The van der Waals surface area contributed by atoms with Crippen molar-refractivity contribution >= 4 is 29.4 Å². The highest BCUT2D eigenvalue weighted by atomic mass is 35.5. The van der Waals surface area contributed by atoms with Crippen molar-refractivity contribution in [3.8, 4) is 11.4 Å². The number of pyridine rings is 1. The fourth-order valence-electron chi connectivity index (χ4n) is 4.83. The number of aryl methyl sites for hydroxylation is 1. The first-order valence-corrected chi connectivity index (χ1v) is 13.4. The van der Waals surface area contributed by atoms with Crippen molar-refractivity contribution in [3.63, 3.8) is 0 Å². The second-order valence-electron chi connectivity index (χ2n) is 9.89. The normalized spacial score (nSPS) is 17.0. The highest BCUT2D eigenvalue weighted by Gasteiger charge is 2.36. The molecule has 2 aliphatic rings. The number of ether oxygens (including phenoxy) is 1. The molecule has 1 unspecified atom stereocenters. The van der Waals surface area contributed by atoms with Crippen LogP contribution in [0.2, 0.25) is 5.02 Å². The molecule has 204 valence electrons. The Bertz CT molecular complexity index is 1380. The number of nitrogens with one attached hydrogen (secondary N) is 2. The van der Waals surface area contributed by atoms with Crippen molar-refractivity contribution in [1.29, 1.82) is 0 Å². The Morgan fingerprint density at radius 1 is 1.21 bits per heavy atom. The molecule has 11 heteroatoms. The van der Waals surface area contributed by atoms with E-state index in [4.69, 9.17) is 16.3 Å². The number of aromatic nitrogens is 3. The molecule has 2 amide bonds. The van der Waals surface area contributed by atoms with Crippen LogP contribution in [0.4, 0.5) is 5.95 Å². The molecule has 39 heavy (non-hydrogen) atoms. The number of carbonyl (C=O) groups excluding carboxylic acids is 2. The molecule has 4 heterocycles. The summed E-state index contributed by atoms with van der Waals surface area (Å²) in [6, 6.07) is 10.0. The monoisotopic (exact) mass is 550 g/mol. The third-order valence-corrected chi connectivity index (χ3v) is 7.39. The van der Waals surface area contributed by atoms with Crippen molar-refractivity contribution < 1.29 is 19.4 Å². The van der Waals surface area contributed by atoms with Crippen molar-refractivity contribution in [2.24, 2.45) is 0 Å². The molecule has 2 atom stereocenters. The van der Waals surface area contributed by atoms with Crippen LogP contribution in [0.15, 0.2) is 42.6 Å². The topological polar surface area (TPSA) is 130 Å². The van der Waals surface area contributed by atoms with Gasteiger partial charge in [0.05, 0.1) is 29.6 Å². The summed E-state index contributed by atoms with van der Waals surface area (Å²) in [6.45, 7) is 4.98. The summed E-state index contributed by atoms with van der Waals surface area (Å²) >= 11 is 6.42. The van der Waals surface area contributed by atoms with Crippen LogP contribution >= 0.6 is 11.6 Å². The quantitative estimate of drug-likeness (QED) is 0.389. The average molecular weight is 551 g/mol. The molecule has 0 saturated carbocycles. The number of benzene rings is 1. The van der Waals surface area contributed by atoms with Gasteiger partial charge in [0, 0.05) is 31.4 Å². The third kappa shape index (κ3) is 5.88.